The number of carboxylic acid groups (broad SMARTS) is 1. The van der Waals surface area contributed by atoms with Crippen LogP contribution in [-0.2, 0) is 0 Å². The van der Waals surface area contributed by atoms with Crippen LogP contribution in [-0.4, -0.2) is 29.2 Å². The molecular weight excluding hydrogens is 346 g/mol. The Bertz CT molecular complexity index is 794. The number of carboxylic acids is 1. The third-order valence-electron chi connectivity index (χ3n) is 3.69. The number of aromatic carboxylic acids is 1. The van der Waals surface area contributed by atoms with E-state index in [4.69, 9.17) is 14.6 Å². The minimum atomic E-state index is -1.02. The van der Waals surface area contributed by atoms with Crippen LogP contribution in [0.15, 0.2) is 36.4 Å². The summed E-state index contributed by atoms with van der Waals surface area (Å²) in [7, 11) is 0. The van der Waals surface area contributed by atoms with Gasteiger partial charge in [0.2, 0.25) is 0 Å². The van der Waals surface area contributed by atoms with Gasteiger partial charge in [-0.3, -0.25) is 4.79 Å². The maximum atomic E-state index is 12.7. The maximum absolute atomic E-state index is 12.7. The first kappa shape index (κ1) is 20.3. The van der Waals surface area contributed by atoms with Gasteiger partial charge in [0.05, 0.1) is 17.8 Å². The maximum Gasteiger partial charge on any atom is 0.335 e. The van der Waals surface area contributed by atoms with Gasteiger partial charge >= 0.3 is 5.97 Å². The summed E-state index contributed by atoms with van der Waals surface area (Å²) in [5, 5.41) is 11.7. The van der Waals surface area contributed by atoms with E-state index in [1.54, 1.807) is 24.3 Å². The van der Waals surface area contributed by atoms with Crippen LogP contribution in [0.4, 0.5) is 5.69 Å². The van der Waals surface area contributed by atoms with Gasteiger partial charge in [0.25, 0.3) is 5.91 Å². The quantitative estimate of drug-likeness (QED) is 0.747. The van der Waals surface area contributed by atoms with Gasteiger partial charge in [-0.25, -0.2) is 4.79 Å². The molecule has 6 heteroatoms. The third kappa shape index (κ3) is 5.48. The second kappa shape index (κ2) is 8.58. The van der Waals surface area contributed by atoms with E-state index in [1.165, 1.54) is 12.1 Å². The van der Waals surface area contributed by atoms with Crippen LogP contribution in [0.5, 0.6) is 11.5 Å². The summed E-state index contributed by atoms with van der Waals surface area (Å²) in [6, 6.07) is 9.34. The average molecular weight is 371 g/mol. The van der Waals surface area contributed by atoms with E-state index in [-0.39, 0.29) is 23.7 Å². The van der Waals surface area contributed by atoms with Gasteiger partial charge in [0.15, 0.2) is 0 Å². The van der Waals surface area contributed by atoms with Gasteiger partial charge in [0.1, 0.15) is 11.5 Å². The highest BCUT2D eigenvalue weighted by Gasteiger charge is 2.16. The Morgan fingerprint density at radius 1 is 0.889 bits per heavy atom. The molecule has 0 aromatic heterocycles. The molecular formula is C21H25NO5. The zero-order valence-corrected chi connectivity index (χ0v) is 16.2. The lowest BCUT2D eigenvalue weighted by molar-refractivity contribution is 0.0696. The molecule has 0 aliphatic rings. The normalized spacial score (nSPS) is 10.8. The predicted molar refractivity (Wildman–Crippen MR) is 104 cm³/mol. The molecule has 0 unspecified atom stereocenters. The van der Waals surface area contributed by atoms with Crippen LogP contribution in [0.1, 0.15) is 54.0 Å². The summed E-state index contributed by atoms with van der Waals surface area (Å²) in [5.41, 5.74) is 1.89. The van der Waals surface area contributed by atoms with Gasteiger partial charge < -0.3 is 19.9 Å². The number of anilines is 1. The second-order valence-electron chi connectivity index (χ2n) is 6.77. The molecule has 0 radical (unpaired) electrons. The Kier molecular flexibility index (Phi) is 6.45. The highest BCUT2D eigenvalue weighted by molar-refractivity contribution is 6.05. The fraction of sp³-hybridized carbons (Fsp3) is 0.333. The van der Waals surface area contributed by atoms with E-state index in [9.17, 15) is 9.59 Å². The number of benzene rings is 2. The van der Waals surface area contributed by atoms with Gasteiger partial charge in [-0.05, 0) is 71.0 Å². The Labute approximate surface area is 159 Å². The summed E-state index contributed by atoms with van der Waals surface area (Å²) in [4.78, 5) is 23.6. The van der Waals surface area contributed by atoms with Gasteiger partial charge in [0, 0.05) is 16.8 Å². The van der Waals surface area contributed by atoms with Gasteiger partial charge in [-0.1, -0.05) is 0 Å². The van der Waals surface area contributed by atoms with Crippen molar-refractivity contribution in [1.29, 1.82) is 0 Å². The van der Waals surface area contributed by atoms with E-state index in [1.807, 2.05) is 34.6 Å². The molecule has 2 N–H and O–H groups in total. The number of rotatable bonds is 7. The molecule has 2 aromatic carbocycles. The van der Waals surface area contributed by atoms with E-state index >= 15 is 0 Å². The zero-order valence-electron chi connectivity index (χ0n) is 16.2. The molecule has 0 fully saturated rings. The molecule has 1 amide bonds. The number of ether oxygens (including phenoxy) is 2. The fourth-order valence-corrected chi connectivity index (χ4v) is 2.45. The number of carbonyl (C=O) groups is 2. The molecule has 0 saturated heterocycles. The Morgan fingerprint density at radius 2 is 1.37 bits per heavy atom. The number of hydrogen-bond acceptors (Lipinski definition) is 4. The minimum absolute atomic E-state index is 0.0440. The zero-order chi connectivity index (χ0) is 20.1. The van der Waals surface area contributed by atoms with E-state index in [0.717, 1.165) is 5.56 Å². The van der Waals surface area contributed by atoms with Crippen LogP contribution >= 0.6 is 0 Å². The van der Waals surface area contributed by atoms with Crippen molar-refractivity contribution in [3.8, 4) is 11.5 Å². The first-order chi connectivity index (χ1) is 12.7. The first-order valence-corrected chi connectivity index (χ1v) is 8.80. The van der Waals surface area contributed by atoms with Gasteiger partial charge in [-0.2, -0.15) is 0 Å². The van der Waals surface area contributed by atoms with Crippen LogP contribution in [0.2, 0.25) is 0 Å². The molecule has 6 nitrogen and oxygen atoms in total. The largest absolute Gasteiger partial charge is 0.491 e. The molecule has 0 bridgehead atoms. The molecule has 0 spiro atoms. The summed E-state index contributed by atoms with van der Waals surface area (Å²) in [6.07, 6.45) is -0.0880. The summed E-state index contributed by atoms with van der Waals surface area (Å²) in [6.45, 7) is 9.55. The summed E-state index contributed by atoms with van der Waals surface area (Å²) >= 11 is 0. The Hall–Kier alpha value is -3.02. The Morgan fingerprint density at radius 3 is 1.78 bits per heavy atom. The molecule has 2 rings (SSSR count). The molecule has 27 heavy (non-hydrogen) atoms. The van der Waals surface area contributed by atoms with Crippen molar-refractivity contribution in [3.63, 3.8) is 0 Å². The van der Waals surface area contributed by atoms with Crippen molar-refractivity contribution in [2.75, 3.05) is 5.32 Å². The SMILES string of the molecule is Cc1c(OC(C)C)cc(C(=O)Nc2ccc(C(=O)O)cc2)cc1OC(C)C. The molecule has 0 aliphatic carbocycles. The highest BCUT2D eigenvalue weighted by atomic mass is 16.5. The molecule has 0 heterocycles. The average Bonchev–Trinajstić information content (AvgIpc) is 2.57. The number of amides is 1. The van der Waals surface area contributed by atoms with Crippen LogP contribution in [0.25, 0.3) is 0 Å². The highest BCUT2D eigenvalue weighted by Crippen LogP contribution is 2.31. The van der Waals surface area contributed by atoms with E-state index < -0.39 is 5.97 Å². The standard InChI is InChI=1S/C21H25NO5/c1-12(2)26-18-10-16(11-19(14(18)5)27-13(3)4)20(23)22-17-8-6-15(7-9-17)21(24)25/h6-13H,1-5H3,(H,22,23)(H,24,25). The lowest BCUT2D eigenvalue weighted by Gasteiger charge is -2.19. The lowest BCUT2D eigenvalue weighted by atomic mass is 10.1. The van der Waals surface area contributed by atoms with Crippen LogP contribution < -0.4 is 14.8 Å². The predicted octanol–water partition coefficient (Wildman–Crippen LogP) is 4.52. The van der Waals surface area contributed by atoms with Crippen molar-refractivity contribution in [1.82, 2.24) is 0 Å². The van der Waals surface area contributed by atoms with Crippen molar-refractivity contribution in [3.05, 3.63) is 53.1 Å². The van der Waals surface area contributed by atoms with Crippen LogP contribution in [0.3, 0.4) is 0 Å². The second-order valence-corrected chi connectivity index (χ2v) is 6.77. The summed E-state index contributed by atoms with van der Waals surface area (Å²) < 4.78 is 11.7. The van der Waals surface area contributed by atoms with Crippen LogP contribution in [0, 0.1) is 6.92 Å². The minimum Gasteiger partial charge on any atom is -0.491 e. The molecule has 144 valence electrons. The molecule has 0 saturated carbocycles. The topological polar surface area (TPSA) is 84.9 Å². The Balaban J connectivity index is 2.31. The van der Waals surface area contributed by atoms with E-state index in [0.29, 0.717) is 22.7 Å². The van der Waals surface area contributed by atoms with Crippen molar-refractivity contribution < 1.29 is 24.2 Å². The smallest absolute Gasteiger partial charge is 0.335 e. The van der Waals surface area contributed by atoms with Gasteiger partial charge in [-0.15, -0.1) is 0 Å². The van der Waals surface area contributed by atoms with Crippen molar-refractivity contribution in [2.45, 2.75) is 46.8 Å². The van der Waals surface area contributed by atoms with E-state index in [2.05, 4.69) is 5.32 Å². The first-order valence-electron chi connectivity index (χ1n) is 8.80. The molecule has 0 atom stereocenters. The third-order valence-corrected chi connectivity index (χ3v) is 3.69. The number of carbonyl (C=O) groups excluding carboxylic acids is 1. The lowest BCUT2D eigenvalue weighted by Crippen LogP contribution is -2.15. The van der Waals surface area contributed by atoms with Crippen molar-refractivity contribution in [2.24, 2.45) is 0 Å². The number of nitrogens with one attached hydrogen (secondary N) is 1. The molecule has 0 aliphatic heterocycles. The molecule has 2 aromatic rings. The van der Waals surface area contributed by atoms with Crippen molar-refractivity contribution >= 4 is 17.6 Å². The summed E-state index contributed by atoms with van der Waals surface area (Å²) in [5.74, 6) is -0.165. The fourth-order valence-electron chi connectivity index (χ4n) is 2.45. The number of hydrogen-bond donors (Lipinski definition) is 2. The monoisotopic (exact) mass is 371 g/mol.